The second-order valence-electron chi connectivity index (χ2n) is 7.29. The lowest BCUT2D eigenvalue weighted by Gasteiger charge is -2.30. The summed E-state index contributed by atoms with van der Waals surface area (Å²) in [6.45, 7) is 9.00. The summed E-state index contributed by atoms with van der Waals surface area (Å²) in [4.78, 5) is 4.76. The topological polar surface area (TPSA) is 12.9 Å². The summed E-state index contributed by atoms with van der Waals surface area (Å²) in [5.74, 6) is 1.20. The van der Waals surface area contributed by atoms with Gasteiger partial charge < -0.3 is 0 Å². The Morgan fingerprint density at radius 1 is 1.09 bits per heavy atom. The minimum atomic E-state index is 0.552. The van der Waals surface area contributed by atoms with E-state index >= 15 is 0 Å². The zero-order chi connectivity index (χ0) is 16.1. The Hall–Kier alpha value is -2.15. The van der Waals surface area contributed by atoms with Gasteiger partial charge in [-0.15, -0.1) is 0 Å². The Balaban J connectivity index is 1.97. The van der Waals surface area contributed by atoms with Gasteiger partial charge in [-0.3, -0.25) is 4.98 Å². The zero-order valence-electron chi connectivity index (χ0n) is 14.4. The summed E-state index contributed by atoms with van der Waals surface area (Å²) in [6.07, 6.45) is 3.16. The molecule has 0 amide bonds. The Morgan fingerprint density at radius 3 is 2.65 bits per heavy atom. The number of rotatable bonds is 2. The molecule has 4 rings (SSSR count). The molecule has 0 N–H and O–H groups in total. The summed E-state index contributed by atoms with van der Waals surface area (Å²) >= 11 is 0. The summed E-state index contributed by atoms with van der Waals surface area (Å²) in [5.41, 5.74) is 8.21. The average Bonchev–Trinajstić information content (AvgIpc) is 2.52. The molecule has 1 aromatic heterocycles. The number of pyridine rings is 1. The molecule has 0 unspecified atom stereocenters. The maximum Gasteiger partial charge on any atom is 0.0783 e. The standard InChI is InChI=1S/C22H23N/c1-13(2)16-5-6-19-17(12-16)7-8-23-22(19)20-10-14(3)9-18-11-15(4)21(18)20/h5-10,12-13,15H,11H2,1-4H3/t15-/m0/s1. The van der Waals surface area contributed by atoms with Crippen molar-refractivity contribution >= 4 is 10.8 Å². The summed E-state index contributed by atoms with van der Waals surface area (Å²) < 4.78 is 0. The molecule has 1 heterocycles. The first-order chi connectivity index (χ1) is 11.0. The van der Waals surface area contributed by atoms with Crippen molar-refractivity contribution in [2.75, 3.05) is 0 Å². The number of aryl methyl sites for hydroxylation is 1. The minimum absolute atomic E-state index is 0.552. The predicted molar refractivity (Wildman–Crippen MR) is 98.1 cm³/mol. The fraction of sp³-hybridized carbons (Fsp3) is 0.318. The highest BCUT2D eigenvalue weighted by Crippen LogP contribution is 2.43. The molecule has 0 radical (unpaired) electrons. The minimum Gasteiger partial charge on any atom is -0.256 e. The number of hydrogen-bond donors (Lipinski definition) is 0. The smallest absolute Gasteiger partial charge is 0.0783 e. The first kappa shape index (κ1) is 14.4. The van der Waals surface area contributed by atoms with Crippen LogP contribution in [-0.4, -0.2) is 4.98 Å². The van der Waals surface area contributed by atoms with Crippen molar-refractivity contribution in [1.29, 1.82) is 0 Å². The number of benzene rings is 2. The van der Waals surface area contributed by atoms with Gasteiger partial charge in [0.2, 0.25) is 0 Å². The molecular weight excluding hydrogens is 278 g/mol. The Morgan fingerprint density at radius 2 is 1.91 bits per heavy atom. The van der Waals surface area contributed by atoms with Crippen LogP contribution in [0.3, 0.4) is 0 Å². The molecule has 1 aliphatic rings. The Labute approximate surface area is 138 Å². The third-order valence-corrected chi connectivity index (χ3v) is 5.14. The van der Waals surface area contributed by atoms with Crippen LogP contribution in [0.1, 0.15) is 54.9 Å². The Bertz CT molecular complexity index is 905. The van der Waals surface area contributed by atoms with Gasteiger partial charge in [-0.05, 0) is 59.4 Å². The SMILES string of the molecule is Cc1cc2c(c(-c3nccc4cc(C(C)C)ccc34)c1)[C@@H](C)C2. The van der Waals surface area contributed by atoms with Crippen LogP contribution in [0.4, 0.5) is 0 Å². The molecule has 0 aliphatic heterocycles. The third-order valence-electron chi connectivity index (χ3n) is 5.14. The second-order valence-corrected chi connectivity index (χ2v) is 7.29. The van der Waals surface area contributed by atoms with Gasteiger partial charge in [0.1, 0.15) is 0 Å². The van der Waals surface area contributed by atoms with E-state index in [9.17, 15) is 0 Å². The van der Waals surface area contributed by atoms with Gasteiger partial charge in [-0.2, -0.15) is 0 Å². The maximum atomic E-state index is 4.76. The fourth-order valence-corrected chi connectivity index (χ4v) is 3.89. The molecule has 116 valence electrons. The van der Waals surface area contributed by atoms with Gasteiger partial charge in [0.15, 0.2) is 0 Å². The monoisotopic (exact) mass is 301 g/mol. The van der Waals surface area contributed by atoms with Crippen molar-refractivity contribution in [3.8, 4) is 11.3 Å². The van der Waals surface area contributed by atoms with E-state index in [1.807, 2.05) is 6.20 Å². The molecule has 0 saturated carbocycles. The van der Waals surface area contributed by atoms with Crippen LogP contribution in [-0.2, 0) is 6.42 Å². The van der Waals surface area contributed by atoms with Gasteiger partial charge in [0.25, 0.3) is 0 Å². The third kappa shape index (κ3) is 2.26. The van der Waals surface area contributed by atoms with Crippen molar-refractivity contribution in [2.24, 2.45) is 0 Å². The highest BCUT2D eigenvalue weighted by Gasteiger charge is 2.27. The lowest BCUT2D eigenvalue weighted by molar-refractivity contribution is 0.668. The van der Waals surface area contributed by atoms with Crippen molar-refractivity contribution in [3.63, 3.8) is 0 Å². The molecule has 0 bridgehead atoms. The highest BCUT2D eigenvalue weighted by atomic mass is 14.7. The normalized spacial score (nSPS) is 16.5. The largest absolute Gasteiger partial charge is 0.256 e. The van der Waals surface area contributed by atoms with Crippen LogP contribution in [0, 0.1) is 6.92 Å². The first-order valence-electron chi connectivity index (χ1n) is 8.57. The molecule has 1 heteroatoms. The van der Waals surface area contributed by atoms with Crippen LogP contribution in [0.15, 0.2) is 42.6 Å². The summed E-state index contributed by atoms with van der Waals surface area (Å²) in [6, 6.07) is 13.6. The lowest BCUT2D eigenvalue weighted by Crippen LogP contribution is -2.16. The molecular formula is C22H23N. The van der Waals surface area contributed by atoms with Gasteiger partial charge in [-0.25, -0.2) is 0 Å². The molecule has 1 aliphatic carbocycles. The van der Waals surface area contributed by atoms with Gasteiger partial charge >= 0.3 is 0 Å². The van der Waals surface area contributed by atoms with Crippen LogP contribution >= 0.6 is 0 Å². The van der Waals surface area contributed by atoms with E-state index in [0.717, 1.165) is 5.69 Å². The highest BCUT2D eigenvalue weighted by molar-refractivity contribution is 5.96. The number of hydrogen-bond acceptors (Lipinski definition) is 1. The molecule has 0 fully saturated rings. The van der Waals surface area contributed by atoms with E-state index in [1.165, 1.54) is 45.0 Å². The first-order valence-corrected chi connectivity index (χ1v) is 8.57. The van der Waals surface area contributed by atoms with Crippen molar-refractivity contribution < 1.29 is 0 Å². The van der Waals surface area contributed by atoms with Gasteiger partial charge in [0, 0.05) is 17.1 Å². The quantitative estimate of drug-likeness (QED) is 0.566. The van der Waals surface area contributed by atoms with Crippen LogP contribution in [0.2, 0.25) is 0 Å². The van der Waals surface area contributed by atoms with Crippen LogP contribution in [0.25, 0.3) is 22.0 Å². The number of fused-ring (bicyclic) bond motifs is 2. The zero-order valence-corrected chi connectivity index (χ0v) is 14.4. The fourth-order valence-electron chi connectivity index (χ4n) is 3.89. The average molecular weight is 301 g/mol. The predicted octanol–water partition coefficient (Wildman–Crippen LogP) is 5.99. The molecule has 0 saturated heterocycles. The van der Waals surface area contributed by atoms with E-state index in [0.29, 0.717) is 11.8 Å². The Kier molecular flexibility index (Phi) is 3.26. The molecule has 3 aromatic rings. The number of aromatic nitrogens is 1. The van der Waals surface area contributed by atoms with Gasteiger partial charge in [0.05, 0.1) is 5.69 Å². The van der Waals surface area contributed by atoms with E-state index < -0.39 is 0 Å². The van der Waals surface area contributed by atoms with Crippen LogP contribution in [0.5, 0.6) is 0 Å². The van der Waals surface area contributed by atoms with Crippen molar-refractivity contribution in [1.82, 2.24) is 4.98 Å². The van der Waals surface area contributed by atoms with E-state index in [4.69, 9.17) is 4.98 Å². The van der Waals surface area contributed by atoms with E-state index in [1.54, 1.807) is 0 Å². The van der Waals surface area contributed by atoms with E-state index in [2.05, 4.69) is 64.1 Å². The lowest BCUT2D eigenvalue weighted by atomic mass is 9.74. The molecule has 0 spiro atoms. The molecule has 2 aromatic carbocycles. The molecule has 1 atom stereocenters. The molecule has 23 heavy (non-hydrogen) atoms. The molecule has 1 nitrogen and oxygen atoms in total. The van der Waals surface area contributed by atoms with Gasteiger partial charge in [-0.1, -0.05) is 50.6 Å². The van der Waals surface area contributed by atoms with E-state index in [-0.39, 0.29) is 0 Å². The second kappa shape index (κ2) is 5.19. The summed E-state index contributed by atoms with van der Waals surface area (Å²) in [5, 5.41) is 2.56. The maximum absolute atomic E-state index is 4.76. The van der Waals surface area contributed by atoms with Crippen molar-refractivity contribution in [3.05, 3.63) is 64.8 Å². The van der Waals surface area contributed by atoms with Crippen LogP contribution < -0.4 is 0 Å². The van der Waals surface area contributed by atoms with Crippen molar-refractivity contribution in [2.45, 2.75) is 46.0 Å². The number of nitrogens with zero attached hydrogens (tertiary/aromatic N) is 1. The summed E-state index contributed by atoms with van der Waals surface area (Å²) in [7, 11) is 0.